The Morgan fingerprint density at radius 2 is 1.66 bits per heavy atom. The first-order valence-corrected chi connectivity index (χ1v) is 9.97. The number of benzene rings is 2. The maximum absolute atomic E-state index is 6.14. The van der Waals surface area contributed by atoms with E-state index in [1.54, 1.807) is 7.11 Å². The highest BCUT2D eigenvalue weighted by Crippen LogP contribution is 2.35. The van der Waals surface area contributed by atoms with Crippen LogP contribution in [0.4, 0.5) is 0 Å². The largest absolute Gasteiger partial charge is 0.493 e. The first-order chi connectivity index (χ1) is 13.2. The maximum Gasteiger partial charge on any atom is 0.161 e. The Kier molecular flexibility index (Phi) is 11.4. The van der Waals surface area contributed by atoms with E-state index in [-0.39, 0.29) is 24.8 Å². The molecule has 0 amide bonds. The Hall–Kier alpha value is -1.46. The molecule has 0 radical (unpaired) electrons. The monoisotopic (exact) mass is 440 g/mol. The molecule has 3 rings (SSSR count). The minimum atomic E-state index is 0. The molecule has 2 aromatic rings. The maximum atomic E-state index is 6.14. The summed E-state index contributed by atoms with van der Waals surface area (Å²) in [6.45, 7) is 9.43. The molecule has 29 heavy (non-hydrogen) atoms. The van der Waals surface area contributed by atoms with Gasteiger partial charge in [0.05, 0.1) is 7.11 Å². The fourth-order valence-corrected chi connectivity index (χ4v) is 3.68. The summed E-state index contributed by atoms with van der Waals surface area (Å²) < 4.78 is 11.7. The second-order valence-corrected chi connectivity index (χ2v) is 7.62. The number of ether oxygens (including phenoxy) is 2. The van der Waals surface area contributed by atoms with Crippen LogP contribution in [0.5, 0.6) is 11.5 Å². The van der Waals surface area contributed by atoms with E-state index < -0.39 is 0 Å². The van der Waals surface area contributed by atoms with Crippen molar-refractivity contribution in [3.8, 4) is 11.5 Å². The molecule has 0 saturated carbocycles. The zero-order valence-electron chi connectivity index (χ0n) is 17.6. The highest BCUT2D eigenvalue weighted by atomic mass is 35.5. The Balaban J connectivity index is 0.00000210. The van der Waals surface area contributed by atoms with Gasteiger partial charge in [-0.2, -0.15) is 0 Å². The minimum absolute atomic E-state index is 0. The predicted molar refractivity (Wildman–Crippen MR) is 125 cm³/mol. The third kappa shape index (κ3) is 7.38. The fraction of sp³-hybridized carbons (Fsp3) is 0.478. The van der Waals surface area contributed by atoms with E-state index in [0.717, 1.165) is 49.7 Å². The summed E-state index contributed by atoms with van der Waals surface area (Å²) in [4.78, 5) is 2.60. The molecule has 0 spiro atoms. The topological polar surface area (TPSA) is 33.7 Å². The molecule has 1 N–H and O–H groups in total. The van der Waals surface area contributed by atoms with Crippen LogP contribution < -0.4 is 14.8 Å². The highest BCUT2D eigenvalue weighted by molar-refractivity contribution is 5.85. The van der Waals surface area contributed by atoms with Crippen LogP contribution in [-0.2, 0) is 6.61 Å². The number of nitrogens with one attached hydrogen (secondary N) is 1. The average molecular weight is 441 g/mol. The van der Waals surface area contributed by atoms with E-state index in [4.69, 9.17) is 9.47 Å². The minimum Gasteiger partial charge on any atom is -0.493 e. The van der Waals surface area contributed by atoms with Crippen LogP contribution in [0.25, 0.3) is 0 Å². The van der Waals surface area contributed by atoms with Crippen molar-refractivity contribution < 1.29 is 9.47 Å². The van der Waals surface area contributed by atoms with Gasteiger partial charge in [-0.25, -0.2) is 0 Å². The van der Waals surface area contributed by atoms with Crippen molar-refractivity contribution in [1.82, 2.24) is 10.2 Å². The first kappa shape index (κ1) is 25.6. The van der Waals surface area contributed by atoms with Crippen molar-refractivity contribution in [2.45, 2.75) is 32.9 Å². The molecule has 0 bridgehead atoms. The van der Waals surface area contributed by atoms with Gasteiger partial charge in [-0.05, 0) is 35.6 Å². The van der Waals surface area contributed by atoms with E-state index in [0.29, 0.717) is 18.6 Å². The second-order valence-electron chi connectivity index (χ2n) is 7.62. The summed E-state index contributed by atoms with van der Waals surface area (Å²) in [6, 6.07) is 17.1. The standard InChI is InChI=1S/C23H32N2O2.2ClH/c1-18(2)15-21(25-13-11-24-12-14-25)20-9-10-22(26-3)23(16-20)27-17-19-7-5-4-6-8-19;;/h4-10,16,18,21,24H,11-15,17H2,1-3H3;2*1H/t21-;;/m0../s1. The van der Waals surface area contributed by atoms with Crippen molar-refractivity contribution in [3.05, 3.63) is 59.7 Å². The van der Waals surface area contributed by atoms with Gasteiger partial charge >= 0.3 is 0 Å². The third-order valence-electron chi connectivity index (χ3n) is 5.10. The van der Waals surface area contributed by atoms with Crippen LogP contribution in [0.15, 0.2) is 48.5 Å². The van der Waals surface area contributed by atoms with Crippen LogP contribution in [0.2, 0.25) is 0 Å². The molecular formula is C23H34Cl2N2O2. The van der Waals surface area contributed by atoms with Gasteiger partial charge in [-0.15, -0.1) is 24.8 Å². The van der Waals surface area contributed by atoms with Gasteiger partial charge < -0.3 is 14.8 Å². The van der Waals surface area contributed by atoms with E-state index in [2.05, 4.69) is 48.3 Å². The first-order valence-electron chi connectivity index (χ1n) is 9.97. The predicted octanol–water partition coefficient (Wildman–Crippen LogP) is 5.11. The summed E-state index contributed by atoms with van der Waals surface area (Å²) in [5.41, 5.74) is 2.47. The third-order valence-corrected chi connectivity index (χ3v) is 5.10. The smallest absolute Gasteiger partial charge is 0.161 e. The van der Waals surface area contributed by atoms with Gasteiger partial charge in [0, 0.05) is 32.2 Å². The zero-order chi connectivity index (χ0) is 19.1. The van der Waals surface area contributed by atoms with Crippen molar-refractivity contribution >= 4 is 24.8 Å². The molecule has 1 heterocycles. The summed E-state index contributed by atoms with van der Waals surface area (Å²) in [5, 5.41) is 3.46. The number of halogens is 2. The van der Waals surface area contributed by atoms with Crippen LogP contribution in [0.1, 0.15) is 37.4 Å². The van der Waals surface area contributed by atoms with Crippen LogP contribution in [-0.4, -0.2) is 38.2 Å². The van der Waals surface area contributed by atoms with Gasteiger partial charge in [-0.3, -0.25) is 4.90 Å². The molecule has 1 saturated heterocycles. The van der Waals surface area contributed by atoms with Crippen LogP contribution >= 0.6 is 24.8 Å². The lowest BCUT2D eigenvalue weighted by Crippen LogP contribution is -2.45. The lowest BCUT2D eigenvalue weighted by molar-refractivity contribution is 0.153. The van der Waals surface area contributed by atoms with Gasteiger partial charge in [0.1, 0.15) is 6.61 Å². The molecule has 0 aliphatic carbocycles. The molecule has 4 nitrogen and oxygen atoms in total. The summed E-state index contributed by atoms with van der Waals surface area (Å²) >= 11 is 0. The number of hydrogen-bond donors (Lipinski definition) is 1. The number of methoxy groups -OCH3 is 1. The van der Waals surface area contributed by atoms with Gasteiger partial charge in [0.2, 0.25) is 0 Å². The lowest BCUT2D eigenvalue weighted by Gasteiger charge is -2.36. The molecule has 1 atom stereocenters. The normalized spacial score (nSPS) is 15.2. The van der Waals surface area contributed by atoms with Crippen LogP contribution in [0, 0.1) is 5.92 Å². The van der Waals surface area contributed by atoms with E-state index in [9.17, 15) is 0 Å². The Morgan fingerprint density at radius 3 is 2.28 bits per heavy atom. The summed E-state index contributed by atoms with van der Waals surface area (Å²) in [7, 11) is 1.70. The highest BCUT2D eigenvalue weighted by Gasteiger charge is 2.24. The van der Waals surface area contributed by atoms with E-state index >= 15 is 0 Å². The number of hydrogen-bond acceptors (Lipinski definition) is 4. The SMILES string of the molecule is COc1ccc([C@H](CC(C)C)N2CCNCC2)cc1OCc1ccccc1.Cl.Cl. The summed E-state index contributed by atoms with van der Waals surface area (Å²) in [5.74, 6) is 2.25. The molecular weight excluding hydrogens is 407 g/mol. The second kappa shape index (κ2) is 13.0. The molecule has 2 aromatic carbocycles. The Bertz CT molecular complexity index is 707. The molecule has 0 aromatic heterocycles. The molecule has 6 heteroatoms. The number of rotatable bonds is 8. The average Bonchev–Trinajstić information content (AvgIpc) is 2.71. The van der Waals surface area contributed by atoms with Gasteiger partial charge in [-0.1, -0.05) is 50.2 Å². The number of nitrogens with zero attached hydrogens (tertiary/aromatic N) is 1. The molecule has 1 fully saturated rings. The number of piperazine rings is 1. The quantitative estimate of drug-likeness (QED) is 0.617. The van der Waals surface area contributed by atoms with Crippen molar-refractivity contribution in [3.63, 3.8) is 0 Å². The van der Waals surface area contributed by atoms with Crippen molar-refractivity contribution in [2.75, 3.05) is 33.3 Å². The zero-order valence-corrected chi connectivity index (χ0v) is 19.2. The molecule has 0 unspecified atom stereocenters. The lowest BCUT2D eigenvalue weighted by atomic mass is 9.94. The Labute approximate surface area is 187 Å². The van der Waals surface area contributed by atoms with Gasteiger partial charge in [0.15, 0.2) is 11.5 Å². The van der Waals surface area contributed by atoms with Gasteiger partial charge in [0.25, 0.3) is 0 Å². The van der Waals surface area contributed by atoms with Crippen molar-refractivity contribution in [2.24, 2.45) is 5.92 Å². The molecule has 1 aliphatic rings. The van der Waals surface area contributed by atoms with E-state index in [1.165, 1.54) is 5.56 Å². The summed E-state index contributed by atoms with van der Waals surface area (Å²) in [6.07, 6.45) is 1.14. The fourth-order valence-electron chi connectivity index (χ4n) is 3.68. The Morgan fingerprint density at radius 1 is 0.966 bits per heavy atom. The molecule has 1 aliphatic heterocycles. The van der Waals surface area contributed by atoms with Crippen molar-refractivity contribution in [1.29, 1.82) is 0 Å². The van der Waals surface area contributed by atoms with E-state index in [1.807, 2.05) is 24.3 Å². The van der Waals surface area contributed by atoms with Crippen LogP contribution in [0.3, 0.4) is 0 Å². The molecule has 162 valence electrons.